The van der Waals surface area contributed by atoms with Gasteiger partial charge < -0.3 is 10.4 Å². The van der Waals surface area contributed by atoms with Crippen molar-refractivity contribution in [2.45, 2.75) is 6.10 Å². The second kappa shape index (κ2) is 6.89. The van der Waals surface area contributed by atoms with E-state index in [1.54, 1.807) is 48.5 Å². The van der Waals surface area contributed by atoms with Crippen molar-refractivity contribution in [1.82, 2.24) is 5.32 Å². The Bertz CT molecular complexity index is 677. The maximum atomic E-state index is 12.0. The molecule has 0 aliphatic carbocycles. The summed E-state index contributed by atoms with van der Waals surface area (Å²) in [5.41, 5.74) is 1.26. The quantitative estimate of drug-likeness (QED) is 0.911. The van der Waals surface area contributed by atoms with Crippen LogP contribution in [0.1, 0.15) is 27.6 Å². The molecular weight excluding hydrogens is 288 g/mol. The second-order valence-corrected chi connectivity index (χ2v) is 4.87. The molecule has 0 heterocycles. The normalized spacial score (nSPS) is 11.5. The van der Waals surface area contributed by atoms with Crippen LogP contribution in [0.15, 0.2) is 48.5 Å². The molecule has 2 rings (SSSR count). The van der Waals surface area contributed by atoms with Crippen molar-refractivity contribution in [3.8, 4) is 6.07 Å². The van der Waals surface area contributed by atoms with E-state index in [1.165, 1.54) is 0 Å². The molecule has 0 fully saturated rings. The predicted octanol–water partition coefficient (Wildman–Crippen LogP) is 2.68. The van der Waals surface area contributed by atoms with Gasteiger partial charge in [-0.3, -0.25) is 4.79 Å². The summed E-state index contributed by atoms with van der Waals surface area (Å²) in [6.07, 6.45) is -0.833. The number of nitrogens with zero attached hydrogens (tertiary/aromatic N) is 1. The highest BCUT2D eigenvalue weighted by atomic mass is 35.5. The fraction of sp³-hybridized carbons (Fsp3) is 0.125. The Morgan fingerprint density at radius 1 is 1.24 bits per heavy atom. The van der Waals surface area contributed by atoms with Crippen molar-refractivity contribution in [3.05, 3.63) is 70.2 Å². The van der Waals surface area contributed by atoms with Gasteiger partial charge in [-0.2, -0.15) is 5.26 Å². The van der Waals surface area contributed by atoms with Crippen LogP contribution >= 0.6 is 11.6 Å². The van der Waals surface area contributed by atoms with Gasteiger partial charge in [0.15, 0.2) is 0 Å². The number of halogens is 1. The standard InChI is InChI=1S/C16H13ClN2O2/c17-13-7-5-11(6-8-13)15(20)10-19-16(21)14-4-2-1-3-12(14)9-18/h1-8,15,20H,10H2,(H,19,21). The summed E-state index contributed by atoms with van der Waals surface area (Å²) in [5.74, 6) is -0.389. The topological polar surface area (TPSA) is 73.1 Å². The number of nitriles is 1. The van der Waals surface area contributed by atoms with Crippen molar-refractivity contribution in [3.63, 3.8) is 0 Å². The first-order valence-electron chi connectivity index (χ1n) is 6.32. The minimum absolute atomic E-state index is 0.0558. The van der Waals surface area contributed by atoms with Crippen molar-refractivity contribution in [2.75, 3.05) is 6.54 Å². The predicted molar refractivity (Wildman–Crippen MR) is 79.9 cm³/mol. The smallest absolute Gasteiger partial charge is 0.252 e. The molecule has 1 atom stereocenters. The number of amides is 1. The van der Waals surface area contributed by atoms with Crippen LogP contribution in [0.3, 0.4) is 0 Å². The van der Waals surface area contributed by atoms with E-state index in [2.05, 4.69) is 5.32 Å². The summed E-state index contributed by atoms with van der Waals surface area (Å²) in [6.45, 7) is 0.0558. The summed E-state index contributed by atoms with van der Waals surface area (Å²) in [4.78, 5) is 12.0. The first kappa shape index (κ1) is 15.0. The van der Waals surface area contributed by atoms with Crippen molar-refractivity contribution in [1.29, 1.82) is 5.26 Å². The van der Waals surface area contributed by atoms with Gasteiger partial charge in [0.2, 0.25) is 0 Å². The van der Waals surface area contributed by atoms with Gasteiger partial charge >= 0.3 is 0 Å². The maximum absolute atomic E-state index is 12.0. The molecule has 0 spiro atoms. The molecule has 1 unspecified atom stereocenters. The Morgan fingerprint density at radius 3 is 2.57 bits per heavy atom. The van der Waals surface area contributed by atoms with Gasteiger partial charge in [-0.15, -0.1) is 0 Å². The number of aliphatic hydroxyl groups excluding tert-OH is 1. The van der Waals surface area contributed by atoms with Gasteiger partial charge in [0, 0.05) is 11.6 Å². The van der Waals surface area contributed by atoms with Gasteiger partial charge in [-0.25, -0.2) is 0 Å². The van der Waals surface area contributed by atoms with E-state index in [0.29, 0.717) is 21.7 Å². The molecule has 0 radical (unpaired) electrons. The van der Waals surface area contributed by atoms with Gasteiger partial charge in [0.25, 0.3) is 5.91 Å². The van der Waals surface area contributed by atoms with E-state index < -0.39 is 6.10 Å². The first-order chi connectivity index (χ1) is 10.1. The van der Waals surface area contributed by atoms with E-state index in [1.807, 2.05) is 6.07 Å². The molecule has 106 valence electrons. The molecule has 2 N–H and O–H groups in total. The van der Waals surface area contributed by atoms with E-state index in [-0.39, 0.29) is 12.5 Å². The minimum Gasteiger partial charge on any atom is -0.387 e. The summed E-state index contributed by atoms with van der Waals surface area (Å²) in [5, 5.41) is 22.2. The Kier molecular flexibility index (Phi) is 4.94. The molecule has 0 aliphatic heterocycles. The van der Waals surface area contributed by atoms with Crippen LogP contribution in [0.25, 0.3) is 0 Å². The van der Waals surface area contributed by atoms with E-state index in [9.17, 15) is 9.90 Å². The second-order valence-electron chi connectivity index (χ2n) is 4.43. The summed E-state index contributed by atoms with van der Waals surface area (Å²) < 4.78 is 0. The molecule has 0 saturated carbocycles. The molecule has 0 bridgehead atoms. The number of carbonyl (C=O) groups is 1. The van der Waals surface area contributed by atoms with Crippen LogP contribution in [0.5, 0.6) is 0 Å². The van der Waals surface area contributed by atoms with Gasteiger partial charge in [-0.1, -0.05) is 35.9 Å². The van der Waals surface area contributed by atoms with Gasteiger partial charge in [-0.05, 0) is 29.8 Å². The third-order valence-electron chi connectivity index (χ3n) is 3.00. The lowest BCUT2D eigenvalue weighted by Crippen LogP contribution is -2.28. The number of benzene rings is 2. The van der Waals surface area contributed by atoms with Crippen LogP contribution < -0.4 is 5.32 Å². The van der Waals surface area contributed by atoms with E-state index >= 15 is 0 Å². The molecule has 21 heavy (non-hydrogen) atoms. The summed E-state index contributed by atoms with van der Waals surface area (Å²) in [6, 6.07) is 15.2. The zero-order valence-electron chi connectivity index (χ0n) is 11.1. The monoisotopic (exact) mass is 300 g/mol. The molecule has 4 nitrogen and oxygen atoms in total. The van der Waals surface area contributed by atoms with Crippen molar-refractivity contribution >= 4 is 17.5 Å². The van der Waals surface area contributed by atoms with Crippen LogP contribution in [-0.4, -0.2) is 17.6 Å². The van der Waals surface area contributed by atoms with E-state index in [0.717, 1.165) is 0 Å². The number of nitrogens with one attached hydrogen (secondary N) is 1. The minimum atomic E-state index is -0.833. The SMILES string of the molecule is N#Cc1ccccc1C(=O)NCC(O)c1ccc(Cl)cc1. The Balaban J connectivity index is 2.01. The Labute approximate surface area is 127 Å². The van der Waals surface area contributed by atoms with E-state index in [4.69, 9.17) is 16.9 Å². The third-order valence-corrected chi connectivity index (χ3v) is 3.25. The number of hydrogen-bond donors (Lipinski definition) is 2. The highest BCUT2D eigenvalue weighted by molar-refractivity contribution is 6.30. The molecule has 2 aromatic rings. The van der Waals surface area contributed by atoms with Crippen LogP contribution in [0.4, 0.5) is 0 Å². The number of hydrogen-bond acceptors (Lipinski definition) is 3. The lowest BCUT2D eigenvalue weighted by atomic mass is 10.1. The number of rotatable bonds is 4. The maximum Gasteiger partial charge on any atom is 0.252 e. The van der Waals surface area contributed by atoms with Gasteiger partial charge in [0.1, 0.15) is 0 Å². The largest absolute Gasteiger partial charge is 0.387 e. The fourth-order valence-corrected chi connectivity index (χ4v) is 1.99. The van der Waals surface area contributed by atoms with Crippen molar-refractivity contribution in [2.24, 2.45) is 0 Å². The molecule has 5 heteroatoms. The van der Waals surface area contributed by atoms with Crippen LogP contribution in [-0.2, 0) is 0 Å². The molecule has 2 aromatic carbocycles. The lowest BCUT2D eigenvalue weighted by molar-refractivity contribution is 0.0916. The Hall–Kier alpha value is -2.35. The van der Waals surface area contributed by atoms with Gasteiger partial charge in [0.05, 0.1) is 23.3 Å². The highest BCUT2D eigenvalue weighted by Crippen LogP contribution is 2.16. The molecule has 0 aromatic heterocycles. The molecule has 1 amide bonds. The molecule has 0 saturated heterocycles. The Morgan fingerprint density at radius 2 is 1.90 bits per heavy atom. The summed E-state index contributed by atoms with van der Waals surface area (Å²) >= 11 is 5.78. The highest BCUT2D eigenvalue weighted by Gasteiger charge is 2.13. The van der Waals surface area contributed by atoms with Crippen LogP contribution in [0.2, 0.25) is 5.02 Å². The molecular formula is C16H13ClN2O2. The lowest BCUT2D eigenvalue weighted by Gasteiger charge is -2.12. The fourth-order valence-electron chi connectivity index (χ4n) is 1.87. The number of carbonyl (C=O) groups excluding carboxylic acids is 1. The zero-order valence-corrected chi connectivity index (χ0v) is 11.8. The van der Waals surface area contributed by atoms with Crippen LogP contribution in [0, 0.1) is 11.3 Å². The number of aliphatic hydroxyl groups is 1. The molecule has 0 aliphatic rings. The average Bonchev–Trinajstić information content (AvgIpc) is 2.52. The first-order valence-corrected chi connectivity index (χ1v) is 6.70. The summed E-state index contributed by atoms with van der Waals surface area (Å²) in [7, 11) is 0. The zero-order chi connectivity index (χ0) is 15.2. The third kappa shape index (κ3) is 3.82. The average molecular weight is 301 g/mol. The van der Waals surface area contributed by atoms with Crippen molar-refractivity contribution < 1.29 is 9.90 Å².